The van der Waals surface area contributed by atoms with Crippen LogP contribution in [0.15, 0.2) is 29.4 Å². The van der Waals surface area contributed by atoms with E-state index >= 15 is 0 Å². The van der Waals surface area contributed by atoms with Crippen LogP contribution >= 0.6 is 11.8 Å². The summed E-state index contributed by atoms with van der Waals surface area (Å²) in [5, 5.41) is 11.8. The first-order valence-corrected chi connectivity index (χ1v) is 8.81. The van der Waals surface area contributed by atoms with E-state index in [1.165, 1.54) is 18.7 Å². The average molecular weight is 346 g/mol. The van der Waals surface area contributed by atoms with E-state index in [0.29, 0.717) is 17.9 Å². The number of thioether (sulfide) groups is 1. The first-order chi connectivity index (χ1) is 11.5. The molecule has 0 aliphatic heterocycles. The van der Waals surface area contributed by atoms with Crippen molar-refractivity contribution >= 4 is 23.5 Å². The maximum Gasteiger partial charge on any atom is 0.216 e. The van der Waals surface area contributed by atoms with Gasteiger partial charge in [0.2, 0.25) is 5.91 Å². The van der Waals surface area contributed by atoms with Gasteiger partial charge in [-0.2, -0.15) is 0 Å². The number of amides is 1. The Morgan fingerprint density at radius 1 is 1.21 bits per heavy atom. The van der Waals surface area contributed by atoms with E-state index in [9.17, 15) is 9.59 Å². The number of hydrogen-bond donors (Lipinski definition) is 1. The molecule has 6 nitrogen and oxygen atoms in total. The summed E-state index contributed by atoms with van der Waals surface area (Å²) in [6.07, 6.45) is 1.54. The summed E-state index contributed by atoms with van der Waals surface area (Å²) in [7, 11) is 1.90. The number of ketones is 1. The van der Waals surface area contributed by atoms with Crippen LogP contribution < -0.4 is 5.32 Å². The summed E-state index contributed by atoms with van der Waals surface area (Å²) < 4.78 is 1.90. The summed E-state index contributed by atoms with van der Waals surface area (Å²) in [5.41, 5.74) is 1.85. The second-order valence-corrected chi connectivity index (χ2v) is 6.56. The SMILES string of the molecule is CC(=O)NCCCc1nnc(SCC(=O)c2ccc(C)cc2)n1C. The van der Waals surface area contributed by atoms with Crippen molar-refractivity contribution in [3.63, 3.8) is 0 Å². The zero-order valence-electron chi connectivity index (χ0n) is 14.2. The van der Waals surface area contributed by atoms with Crippen LogP contribution in [0.25, 0.3) is 0 Å². The topological polar surface area (TPSA) is 76.9 Å². The van der Waals surface area contributed by atoms with Gasteiger partial charge in [-0.3, -0.25) is 9.59 Å². The summed E-state index contributed by atoms with van der Waals surface area (Å²) in [6.45, 7) is 4.12. The van der Waals surface area contributed by atoms with Gasteiger partial charge in [0.1, 0.15) is 5.82 Å². The third-order valence-corrected chi connectivity index (χ3v) is 4.60. The molecule has 0 aliphatic rings. The molecule has 0 aliphatic carbocycles. The minimum atomic E-state index is -0.0289. The maximum absolute atomic E-state index is 12.2. The standard InChI is InChI=1S/C17H22N4O2S/c1-12-6-8-14(9-7-12)15(23)11-24-17-20-19-16(21(17)3)5-4-10-18-13(2)22/h6-9H,4-5,10-11H2,1-3H3,(H,18,22). The van der Waals surface area contributed by atoms with E-state index in [2.05, 4.69) is 15.5 Å². The zero-order chi connectivity index (χ0) is 17.5. The molecule has 0 radical (unpaired) electrons. The number of hydrogen-bond acceptors (Lipinski definition) is 5. The first kappa shape index (κ1) is 18.2. The number of aryl methyl sites for hydroxylation is 2. The number of aromatic nitrogens is 3. The van der Waals surface area contributed by atoms with Gasteiger partial charge >= 0.3 is 0 Å². The quantitative estimate of drug-likeness (QED) is 0.450. The molecule has 1 heterocycles. The number of Topliss-reactive ketones (excluding diaryl/α,β-unsaturated/α-hetero) is 1. The molecule has 0 unspecified atom stereocenters. The monoisotopic (exact) mass is 346 g/mol. The smallest absolute Gasteiger partial charge is 0.216 e. The molecule has 0 saturated heterocycles. The average Bonchev–Trinajstić information content (AvgIpc) is 2.90. The summed E-state index contributed by atoms with van der Waals surface area (Å²) in [4.78, 5) is 23.0. The van der Waals surface area contributed by atoms with Gasteiger partial charge in [-0.15, -0.1) is 10.2 Å². The molecule has 2 aromatic rings. The molecule has 128 valence electrons. The van der Waals surface area contributed by atoms with Crippen molar-refractivity contribution in [3.8, 4) is 0 Å². The number of carbonyl (C=O) groups excluding carboxylic acids is 2. The Kier molecular flexibility index (Phi) is 6.54. The Balaban J connectivity index is 1.85. The first-order valence-electron chi connectivity index (χ1n) is 7.82. The van der Waals surface area contributed by atoms with E-state index in [-0.39, 0.29) is 11.7 Å². The molecule has 0 spiro atoms. The van der Waals surface area contributed by atoms with Gasteiger partial charge in [0.25, 0.3) is 0 Å². The second-order valence-electron chi connectivity index (χ2n) is 5.62. The van der Waals surface area contributed by atoms with E-state index in [1.54, 1.807) is 0 Å². The second kappa shape index (κ2) is 8.63. The van der Waals surface area contributed by atoms with Crippen molar-refractivity contribution in [3.05, 3.63) is 41.2 Å². The Morgan fingerprint density at radius 2 is 1.92 bits per heavy atom. The van der Waals surface area contributed by atoms with Crippen LogP contribution in [-0.4, -0.2) is 38.8 Å². The van der Waals surface area contributed by atoms with E-state index < -0.39 is 0 Å². The molecule has 0 bridgehead atoms. The van der Waals surface area contributed by atoms with Crippen LogP contribution in [0, 0.1) is 6.92 Å². The number of nitrogens with one attached hydrogen (secondary N) is 1. The number of benzene rings is 1. The van der Waals surface area contributed by atoms with Gasteiger partial charge in [0, 0.05) is 32.5 Å². The number of carbonyl (C=O) groups is 2. The Hall–Kier alpha value is -2.15. The summed E-state index contributed by atoms with van der Waals surface area (Å²) in [6, 6.07) is 7.57. The minimum Gasteiger partial charge on any atom is -0.356 e. The third-order valence-electron chi connectivity index (χ3n) is 3.58. The number of nitrogens with zero attached hydrogens (tertiary/aromatic N) is 3. The maximum atomic E-state index is 12.2. The highest BCUT2D eigenvalue weighted by atomic mass is 32.2. The third kappa shape index (κ3) is 5.19. The van der Waals surface area contributed by atoms with E-state index in [1.807, 2.05) is 42.8 Å². The lowest BCUT2D eigenvalue weighted by Gasteiger charge is -2.04. The molecule has 0 saturated carbocycles. The fraction of sp³-hybridized carbons (Fsp3) is 0.412. The minimum absolute atomic E-state index is 0.0289. The molecule has 0 atom stereocenters. The van der Waals surface area contributed by atoms with Crippen LogP contribution in [0.5, 0.6) is 0 Å². The Labute approximate surface area is 146 Å². The predicted octanol–water partition coefficient (Wildman–Crippen LogP) is 2.17. The lowest BCUT2D eigenvalue weighted by molar-refractivity contribution is -0.118. The largest absolute Gasteiger partial charge is 0.356 e. The van der Waals surface area contributed by atoms with Crippen molar-refractivity contribution in [2.24, 2.45) is 7.05 Å². The molecular weight excluding hydrogens is 324 g/mol. The van der Waals surface area contributed by atoms with Crippen molar-refractivity contribution in [1.29, 1.82) is 0 Å². The Morgan fingerprint density at radius 3 is 2.58 bits per heavy atom. The van der Waals surface area contributed by atoms with E-state index in [4.69, 9.17) is 0 Å². The van der Waals surface area contributed by atoms with Gasteiger partial charge in [0.15, 0.2) is 10.9 Å². The normalized spacial score (nSPS) is 10.6. The van der Waals surface area contributed by atoms with Crippen molar-refractivity contribution in [2.45, 2.75) is 31.8 Å². The summed E-state index contributed by atoms with van der Waals surface area (Å²) >= 11 is 1.39. The zero-order valence-corrected chi connectivity index (χ0v) is 15.0. The molecule has 24 heavy (non-hydrogen) atoms. The lowest BCUT2D eigenvalue weighted by Crippen LogP contribution is -2.21. The highest BCUT2D eigenvalue weighted by Gasteiger charge is 2.12. The molecule has 2 rings (SSSR count). The summed E-state index contributed by atoms with van der Waals surface area (Å²) in [5.74, 6) is 1.24. The van der Waals surface area contributed by atoms with Crippen LogP contribution in [0.2, 0.25) is 0 Å². The predicted molar refractivity (Wildman–Crippen MR) is 94.2 cm³/mol. The van der Waals surface area contributed by atoms with Crippen LogP contribution in [0.4, 0.5) is 0 Å². The molecule has 1 aromatic heterocycles. The fourth-order valence-electron chi connectivity index (χ4n) is 2.15. The van der Waals surface area contributed by atoms with Crippen LogP contribution in [-0.2, 0) is 18.3 Å². The molecule has 1 N–H and O–H groups in total. The number of rotatable bonds is 8. The van der Waals surface area contributed by atoms with Gasteiger partial charge in [0.05, 0.1) is 5.75 Å². The van der Waals surface area contributed by atoms with Crippen LogP contribution in [0.1, 0.15) is 35.1 Å². The van der Waals surface area contributed by atoms with Gasteiger partial charge in [-0.05, 0) is 13.3 Å². The van der Waals surface area contributed by atoms with Crippen molar-refractivity contribution < 1.29 is 9.59 Å². The highest BCUT2D eigenvalue weighted by molar-refractivity contribution is 7.99. The van der Waals surface area contributed by atoms with Crippen LogP contribution in [0.3, 0.4) is 0 Å². The molecule has 7 heteroatoms. The van der Waals surface area contributed by atoms with Gasteiger partial charge in [-0.1, -0.05) is 41.6 Å². The van der Waals surface area contributed by atoms with Gasteiger partial charge < -0.3 is 9.88 Å². The Bertz CT molecular complexity index is 710. The molecule has 1 amide bonds. The fourth-order valence-corrected chi connectivity index (χ4v) is 2.98. The highest BCUT2D eigenvalue weighted by Crippen LogP contribution is 2.18. The lowest BCUT2D eigenvalue weighted by atomic mass is 10.1. The van der Waals surface area contributed by atoms with Gasteiger partial charge in [-0.25, -0.2) is 0 Å². The molecule has 0 fully saturated rings. The molecular formula is C17H22N4O2S. The molecule has 1 aromatic carbocycles. The van der Waals surface area contributed by atoms with E-state index in [0.717, 1.165) is 29.4 Å². The van der Waals surface area contributed by atoms with Crippen molar-refractivity contribution in [2.75, 3.05) is 12.3 Å². The van der Waals surface area contributed by atoms with Crippen molar-refractivity contribution in [1.82, 2.24) is 20.1 Å².